The number of hydrogen-bond donors (Lipinski definition) is 1. The molecule has 0 fully saturated rings. The lowest BCUT2D eigenvalue weighted by molar-refractivity contribution is -0.134. The first-order valence-corrected chi connectivity index (χ1v) is 4.99. The minimum Gasteiger partial charge on any atom is -0.341 e. The summed E-state index contributed by atoms with van der Waals surface area (Å²) in [4.78, 5) is 13.6. The number of carbonyl (C=O) groups excluding carboxylic acids is 1. The van der Waals surface area contributed by atoms with Crippen LogP contribution < -0.4 is 5.73 Å². The summed E-state index contributed by atoms with van der Waals surface area (Å²) in [5.41, 5.74) is 6.56. The Morgan fingerprint density at radius 1 is 1.50 bits per heavy atom. The molecule has 0 radical (unpaired) electrons. The van der Waals surface area contributed by atoms with Gasteiger partial charge in [0.05, 0.1) is 5.92 Å². The highest BCUT2D eigenvalue weighted by molar-refractivity contribution is 5.79. The third kappa shape index (κ3) is 3.92. The molecule has 0 aliphatic carbocycles. The topological polar surface area (TPSA) is 46.3 Å². The Labute approximate surface area is 87.0 Å². The van der Waals surface area contributed by atoms with E-state index in [1.54, 1.807) is 11.9 Å². The third-order valence-corrected chi connectivity index (χ3v) is 2.26. The number of amides is 1. The van der Waals surface area contributed by atoms with Gasteiger partial charge in [0.1, 0.15) is 0 Å². The lowest BCUT2D eigenvalue weighted by atomic mass is 9.94. The van der Waals surface area contributed by atoms with E-state index in [0.717, 1.165) is 5.57 Å². The van der Waals surface area contributed by atoms with Crippen molar-refractivity contribution in [3.63, 3.8) is 0 Å². The fourth-order valence-corrected chi connectivity index (χ4v) is 1.42. The molecule has 0 aromatic rings. The lowest BCUT2D eigenvalue weighted by Gasteiger charge is -2.25. The van der Waals surface area contributed by atoms with Crippen LogP contribution in [0, 0.1) is 11.8 Å². The fraction of sp³-hybridized carbons (Fsp3) is 0.727. The highest BCUT2D eigenvalue weighted by Gasteiger charge is 2.23. The van der Waals surface area contributed by atoms with Gasteiger partial charge in [0.2, 0.25) is 5.91 Å². The van der Waals surface area contributed by atoms with E-state index in [1.807, 2.05) is 20.8 Å². The first-order valence-electron chi connectivity index (χ1n) is 4.99. The van der Waals surface area contributed by atoms with Crippen molar-refractivity contribution in [3.05, 3.63) is 12.2 Å². The maximum absolute atomic E-state index is 11.9. The Hall–Kier alpha value is -0.830. The van der Waals surface area contributed by atoms with Gasteiger partial charge < -0.3 is 10.6 Å². The van der Waals surface area contributed by atoms with Crippen molar-refractivity contribution in [2.45, 2.75) is 20.8 Å². The molecule has 0 bridgehead atoms. The molecule has 0 spiro atoms. The molecule has 3 nitrogen and oxygen atoms in total. The van der Waals surface area contributed by atoms with Crippen molar-refractivity contribution in [1.29, 1.82) is 0 Å². The van der Waals surface area contributed by atoms with E-state index in [4.69, 9.17) is 5.73 Å². The summed E-state index contributed by atoms with van der Waals surface area (Å²) < 4.78 is 0. The smallest absolute Gasteiger partial charge is 0.227 e. The van der Waals surface area contributed by atoms with Crippen molar-refractivity contribution in [2.24, 2.45) is 17.6 Å². The monoisotopic (exact) mass is 198 g/mol. The average molecular weight is 198 g/mol. The largest absolute Gasteiger partial charge is 0.341 e. The second-order valence-electron chi connectivity index (χ2n) is 4.24. The van der Waals surface area contributed by atoms with E-state index in [1.165, 1.54) is 0 Å². The highest BCUT2D eigenvalue weighted by atomic mass is 16.2. The molecule has 0 rings (SSSR count). The Balaban J connectivity index is 4.34. The molecule has 0 saturated heterocycles. The van der Waals surface area contributed by atoms with E-state index in [2.05, 4.69) is 6.58 Å². The lowest BCUT2D eigenvalue weighted by Crippen LogP contribution is -2.39. The van der Waals surface area contributed by atoms with Crippen LogP contribution in [0.4, 0.5) is 0 Å². The maximum Gasteiger partial charge on any atom is 0.227 e. The first kappa shape index (κ1) is 13.2. The van der Waals surface area contributed by atoms with E-state index in [0.29, 0.717) is 19.0 Å². The number of nitrogens with zero attached hydrogens (tertiary/aromatic N) is 1. The molecule has 1 amide bonds. The number of likely N-dealkylation sites (N-methyl/N-ethyl adjacent to an activating group) is 1. The highest BCUT2D eigenvalue weighted by Crippen LogP contribution is 2.12. The Morgan fingerprint density at radius 2 is 2.00 bits per heavy atom. The van der Waals surface area contributed by atoms with Crippen LogP contribution in [-0.2, 0) is 4.79 Å². The molecule has 3 heteroatoms. The average Bonchev–Trinajstić information content (AvgIpc) is 2.03. The molecule has 0 heterocycles. The van der Waals surface area contributed by atoms with Gasteiger partial charge in [-0.2, -0.15) is 0 Å². The van der Waals surface area contributed by atoms with E-state index >= 15 is 0 Å². The minimum absolute atomic E-state index is 0.0700. The summed E-state index contributed by atoms with van der Waals surface area (Å²) in [6.45, 7) is 10.8. The number of nitrogens with two attached hydrogens (primary N) is 1. The van der Waals surface area contributed by atoms with Crippen molar-refractivity contribution < 1.29 is 4.79 Å². The predicted octanol–water partition coefficient (Wildman–Crippen LogP) is 1.25. The molecule has 0 aliphatic rings. The Morgan fingerprint density at radius 3 is 2.29 bits per heavy atom. The number of rotatable bonds is 5. The molecule has 1 unspecified atom stereocenters. The van der Waals surface area contributed by atoms with Crippen LogP contribution in [0.5, 0.6) is 0 Å². The zero-order valence-corrected chi connectivity index (χ0v) is 9.71. The molecule has 2 N–H and O–H groups in total. The minimum atomic E-state index is -0.0700. The summed E-state index contributed by atoms with van der Waals surface area (Å²) in [6, 6.07) is 0. The van der Waals surface area contributed by atoms with Gasteiger partial charge in [0, 0.05) is 20.1 Å². The quantitative estimate of drug-likeness (QED) is 0.676. The fourth-order valence-electron chi connectivity index (χ4n) is 1.42. The van der Waals surface area contributed by atoms with Crippen molar-refractivity contribution in [1.82, 2.24) is 4.90 Å². The van der Waals surface area contributed by atoms with E-state index in [-0.39, 0.29) is 11.8 Å². The van der Waals surface area contributed by atoms with Gasteiger partial charge in [-0.15, -0.1) is 0 Å². The third-order valence-electron chi connectivity index (χ3n) is 2.26. The summed E-state index contributed by atoms with van der Waals surface area (Å²) >= 11 is 0. The van der Waals surface area contributed by atoms with Crippen molar-refractivity contribution in [3.8, 4) is 0 Å². The second-order valence-corrected chi connectivity index (χ2v) is 4.24. The Kier molecular flexibility index (Phi) is 5.46. The van der Waals surface area contributed by atoms with Crippen LogP contribution >= 0.6 is 0 Å². The maximum atomic E-state index is 11.9. The van der Waals surface area contributed by atoms with Crippen LogP contribution in [0.2, 0.25) is 0 Å². The molecular weight excluding hydrogens is 176 g/mol. The van der Waals surface area contributed by atoms with E-state index in [9.17, 15) is 4.79 Å². The summed E-state index contributed by atoms with van der Waals surface area (Å²) in [5.74, 6) is 0.338. The second kappa shape index (κ2) is 5.81. The number of hydrogen-bond acceptors (Lipinski definition) is 2. The van der Waals surface area contributed by atoms with Gasteiger partial charge in [-0.25, -0.2) is 0 Å². The van der Waals surface area contributed by atoms with Crippen LogP contribution in [-0.4, -0.2) is 30.9 Å². The number of carbonyl (C=O) groups is 1. The standard InChI is InChI=1S/C11H22N2O/c1-8(2)7-13(5)11(14)10(6-12)9(3)4/h9-10H,1,6-7,12H2,2-5H3. The van der Waals surface area contributed by atoms with Gasteiger partial charge in [0.15, 0.2) is 0 Å². The van der Waals surface area contributed by atoms with Gasteiger partial charge in [-0.1, -0.05) is 26.0 Å². The van der Waals surface area contributed by atoms with Crippen LogP contribution in [0.1, 0.15) is 20.8 Å². The predicted molar refractivity (Wildman–Crippen MR) is 59.8 cm³/mol. The van der Waals surface area contributed by atoms with Crippen LogP contribution in [0.25, 0.3) is 0 Å². The molecule has 0 saturated carbocycles. The first-order chi connectivity index (χ1) is 6.40. The SMILES string of the molecule is C=C(C)CN(C)C(=O)C(CN)C(C)C. The van der Waals surface area contributed by atoms with Gasteiger partial charge in [0.25, 0.3) is 0 Å². The van der Waals surface area contributed by atoms with Crippen LogP contribution in [0.3, 0.4) is 0 Å². The molecule has 0 aliphatic heterocycles. The van der Waals surface area contributed by atoms with Gasteiger partial charge in [-0.05, 0) is 12.8 Å². The zero-order chi connectivity index (χ0) is 11.3. The molecule has 82 valence electrons. The van der Waals surface area contributed by atoms with Crippen molar-refractivity contribution in [2.75, 3.05) is 20.1 Å². The van der Waals surface area contributed by atoms with Crippen LogP contribution in [0.15, 0.2) is 12.2 Å². The molecule has 1 atom stereocenters. The summed E-state index contributed by atoms with van der Waals surface area (Å²) in [7, 11) is 1.79. The van der Waals surface area contributed by atoms with Gasteiger partial charge >= 0.3 is 0 Å². The van der Waals surface area contributed by atoms with Gasteiger partial charge in [-0.3, -0.25) is 4.79 Å². The van der Waals surface area contributed by atoms with Crippen molar-refractivity contribution >= 4 is 5.91 Å². The molecule has 0 aromatic heterocycles. The van der Waals surface area contributed by atoms with E-state index < -0.39 is 0 Å². The molecular formula is C11H22N2O. The molecule has 14 heavy (non-hydrogen) atoms. The zero-order valence-electron chi connectivity index (χ0n) is 9.71. The summed E-state index contributed by atoms with van der Waals surface area (Å²) in [6.07, 6.45) is 0. The normalized spacial score (nSPS) is 12.7. The Bertz CT molecular complexity index is 211. The summed E-state index contributed by atoms with van der Waals surface area (Å²) in [5, 5.41) is 0. The molecule has 0 aromatic carbocycles.